The maximum absolute atomic E-state index is 12.8. The molecular weight excluding hydrogens is 317 g/mol. The standard InChI is InChI=1S/C14H13ClFNO3S/c1-20-14-7-2-11(15)8-10(14)9-17-21(18,19)13-5-3-12(16)4-6-13/h2-8,17H,9H2,1H3. The van der Waals surface area contributed by atoms with Crippen LogP contribution in [0, 0.1) is 5.82 Å². The Bertz CT molecular complexity index is 732. The highest BCUT2D eigenvalue weighted by molar-refractivity contribution is 7.89. The zero-order chi connectivity index (χ0) is 15.5. The lowest BCUT2D eigenvalue weighted by Crippen LogP contribution is -2.23. The predicted molar refractivity (Wildman–Crippen MR) is 78.4 cm³/mol. The molecule has 0 saturated heterocycles. The molecule has 0 radical (unpaired) electrons. The monoisotopic (exact) mass is 329 g/mol. The highest BCUT2D eigenvalue weighted by atomic mass is 35.5. The largest absolute Gasteiger partial charge is 0.496 e. The third-order valence-electron chi connectivity index (χ3n) is 2.82. The van der Waals surface area contributed by atoms with Crippen LogP contribution in [0.1, 0.15) is 5.56 Å². The summed E-state index contributed by atoms with van der Waals surface area (Å²) in [4.78, 5) is -0.00936. The van der Waals surface area contributed by atoms with Crippen LogP contribution in [0.15, 0.2) is 47.4 Å². The van der Waals surface area contributed by atoms with E-state index < -0.39 is 15.8 Å². The zero-order valence-electron chi connectivity index (χ0n) is 11.1. The zero-order valence-corrected chi connectivity index (χ0v) is 12.7. The number of sulfonamides is 1. The second kappa shape index (κ2) is 6.43. The van der Waals surface area contributed by atoms with Crippen molar-refractivity contribution < 1.29 is 17.5 Å². The number of ether oxygens (including phenoxy) is 1. The molecule has 0 unspecified atom stereocenters. The summed E-state index contributed by atoms with van der Waals surface area (Å²) in [5.74, 6) is 0.0340. The number of halogens is 2. The molecule has 21 heavy (non-hydrogen) atoms. The predicted octanol–water partition coefficient (Wildman–Crippen LogP) is 2.97. The molecule has 4 nitrogen and oxygen atoms in total. The average Bonchev–Trinajstić information content (AvgIpc) is 2.46. The quantitative estimate of drug-likeness (QED) is 0.917. The number of benzene rings is 2. The van der Waals surface area contributed by atoms with Gasteiger partial charge in [-0.2, -0.15) is 0 Å². The number of methoxy groups -OCH3 is 1. The molecule has 2 rings (SSSR count). The summed E-state index contributed by atoms with van der Waals surface area (Å²) in [5, 5.41) is 0.479. The summed E-state index contributed by atoms with van der Waals surface area (Å²) in [5.41, 5.74) is 0.607. The van der Waals surface area contributed by atoms with Crippen molar-refractivity contribution in [3.8, 4) is 5.75 Å². The number of nitrogens with one attached hydrogen (secondary N) is 1. The van der Waals surface area contributed by atoms with Gasteiger partial charge in [-0.3, -0.25) is 0 Å². The van der Waals surface area contributed by atoms with E-state index in [-0.39, 0.29) is 11.4 Å². The van der Waals surface area contributed by atoms with E-state index in [1.165, 1.54) is 19.2 Å². The van der Waals surface area contributed by atoms with Crippen LogP contribution in [0.3, 0.4) is 0 Å². The molecule has 2 aromatic carbocycles. The fourth-order valence-electron chi connectivity index (χ4n) is 1.76. The highest BCUT2D eigenvalue weighted by Crippen LogP contribution is 2.23. The minimum Gasteiger partial charge on any atom is -0.496 e. The first-order chi connectivity index (χ1) is 9.92. The van der Waals surface area contributed by atoms with E-state index in [0.29, 0.717) is 16.3 Å². The van der Waals surface area contributed by atoms with E-state index in [2.05, 4.69) is 4.72 Å². The van der Waals surface area contributed by atoms with E-state index in [1.807, 2.05) is 0 Å². The van der Waals surface area contributed by atoms with Gasteiger partial charge >= 0.3 is 0 Å². The van der Waals surface area contributed by atoms with E-state index in [4.69, 9.17) is 16.3 Å². The Kier molecular flexibility index (Phi) is 4.82. The molecule has 0 aliphatic rings. The molecule has 0 aromatic heterocycles. The van der Waals surface area contributed by atoms with E-state index >= 15 is 0 Å². The van der Waals surface area contributed by atoms with Gasteiger partial charge in [-0.25, -0.2) is 17.5 Å². The van der Waals surface area contributed by atoms with Crippen LogP contribution in [-0.4, -0.2) is 15.5 Å². The second-order valence-corrected chi connectivity index (χ2v) is 6.44. The lowest BCUT2D eigenvalue weighted by molar-refractivity contribution is 0.409. The van der Waals surface area contributed by atoms with Crippen molar-refractivity contribution in [2.24, 2.45) is 0 Å². The summed E-state index contributed by atoms with van der Waals surface area (Å²) in [6, 6.07) is 9.51. The Labute approximate surface area is 127 Å². The highest BCUT2D eigenvalue weighted by Gasteiger charge is 2.15. The lowest BCUT2D eigenvalue weighted by Gasteiger charge is -2.10. The van der Waals surface area contributed by atoms with Crippen LogP contribution in [0.25, 0.3) is 0 Å². The van der Waals surface area contributed by atoms with Crippen molar-refractivity contribution in [1.29, 1.82) is 0 Å². The molecule has 0 aliphatic carbocycles. The first-order valence-electron chi connectivity index (χ1n) is 6.00. The smallest absolute Gasteiger partial charge is 0.240 e. The summed E-state index contributed by atoms with van der Waals surface area (Å²) < 4.78 is 44.6. The van der Waals surface area contributed by atoms with Crippen molar-refractivity contribution >= 4 is 21.6 Å². The number of rotatable bonds is 5. The molecule has 1 N–H and O–H groups in total. The Morgan fingerprint density at radius 3 is 2.48 bits per heavy atom. The van der Waals surface area contributed by atoms with Gasteiger partial charge in [-0.1, -0.05) is 11.6 Å². The van der Waals surface area contributed by atoms with Crippen molar-refractivity contribution in [2.75, 3.05) is 7.11 Å². The van der Waals surface area contributed by atoms with Crippen molar-refractivity contribution in [3.05, 3.63) is 58.9 Å². The Hall–Kier alpha value is -1.63. The SMILES string of the molecule is COc1ccc(Cl)cc1CNS(=O)(=O)c1ccc(F)cc1. The van der Waals surface area contributed by atoms with Gasteiger partial charge in [0, 0.05) is 17.1 Å². The van der Waals surface area contributed by atoms with Gasteiger partial charge in [0.05, 0.1) is 12.0 Å². The van der Waals surface area contributed by atoms with Gasteiger partial charge in [0.25, 0.3) is 0 Å². The van der Waals surface area contributed by atoms with Gasteiger partial charge < -0.3 is 4.74 Å². The molecule has 0 atom stereocenters. The molecule has 0 amide bonds. The molecule has 2 aromatic rings. The van der Waals surface area contributed by atoms with Crippen LogP contribution >= 0.6 is 11.6 Å². The van der Waals surface area contributed by atoms with Crippen molar-refractivity contribution in [1.82, 2.24) is 4.72 Å². The topological polar surface area (TPSA) is 55.4 Å². The maximum atomic E-state index is 12.8. The fourth-order valence-corrected chi connectivity index (χ4v) is 2.96. The van der Waals surface area contributed by atoms with Gasteiger partial charge in [-0.05, 0) is 42.5 Å². The van der Waals surface area contributed by atoms with Gasteiger partial charge in [-0.15, -0.1) is 0 Å². The molecule has 112 valence electrons. The Balaban J connectivity index is 2.19. The van der Waals surface area contributed by atoms with Crippen molar-refractivity contribution in [2.45, 2.75) is 11.4 Å². The molecule has 0 bridgehead atoms. The molecular formula is C14H13ClFNO3S. The average molecular weight is 330 g/mol. The van der Waals surface area contributed by atoms with E-state index in [9.17, 15) is 12.8 Å². The fraction of sp³-hybridized carbons (Fsp3) is 0.143. The first kappa shape index (κ1) is 15.8. The van der Waals surface area contributed by atoms with E-state index in [1.54, 1.807) is 18.2 Å². The molecule has 0 aliphatic heterocycles. The van der Waals surface area contributed by atoms with Gasteiger partial charge in [0.15, 0.2) is 0 Å². The lowest BCUT2D eigenvalue weighted by atomic mass is 10.2. The van der Waals surface area contributed by atoms with Crippen LogP contribution in [0.5, 0.6) is 5.75 Å². The third-order valence-corrected chi connectivity index (χ3v) is 4.47. The summed E-state index contributed by atoms with van der Waals surface area (Å²) >= 11 is 5.88. The molecule has 0 heterocycles. The second-order valence-electron chi connectivity index (χ2n) is 4.23. The minimum atomic E-state index is -3.73. The molecule has 0 saturated carbocycles. The molecule has 0 fully saturated rings. The number of hydrogen-bond acceptors (Lipinski definition) is 3. The van der Waals surface area contributed by atoms with Crippen LogP contribution in [0.2, 0.25) is 5.02 Å². The van der Waals surface area contributed by atoms with Crippen LogP contribution < -0.4 is 9.46 Å². The Morgan fingerprint density at radius 2 is 1.86 bits per heavy atom. The van der Waals surface area contributed by atoms with Crippen molar-refractivity contribution in [3.63, 3.8) is 0 Å². The normalized spacial score (nSPS) is 11.4. The van der Waals surface area contributed by atoms with Crippen LogP contribution in [-0.2, 0) is 16.6 Å². The number of hydrogen-bond donors (Lipinski definition) is 1. The molecule has 7 heteroatoms. The third kappa shape index (κ3) is 3.93. The summed E-state index contributed by atoms with van der Waals surface area (Å²) in [6.45, 7) is 0.0173. The van der Waals surface area contributed by atoms with Gasteiger partial charge in [0.1, 0.15) is 11.6 Å². The molecule has 0 spiro atoms. The maximum Gasteiger partial charge on any atom is 0.240 e. The minimum absolute atomic E-state index is 0.00936. The van der Waals surface area contributed by atoms with Crippen LogP contribution in [0.4, 0.5) is 4.39 Å². The summed E-state index contributed by atoms with van der Waals surface area (Å²) in [7, 11) is -2.24. The van der Waals surface area contributed by atoms with E-state index in [0.717, 1.165) is 12.1 Å². The van der Waals surface area contributed by atoms with Gasteiger partial charge in [0.2, 0.25) is 10.0 Å². The first-order valence-corrected chi connectivity index (χ1v) is 7.86. The summed E-state index contributed by atoms with van der Waals surface area (Å²) in [6.07, 6.45) is 0. The Morgan fingerprint density at radius 1 is 1.19 bits per heavy atom.